The summed E-state index contributed by atoms with van der Waals surface area (Å²) >= 11 is 1.74. The summed E-state index contributed by atoms with van der Waals surface area (Å²) < 4.78 is 0. The fraction of sp³-hybridized carbons (Fsp3) is 0.214. The lowest BCUT2D eigenvalue weighted by atomic mass is 10.3. The molecule has 0 aliphatic carbocycles. The average molecular weight is 274 g/mol. The highest BCUT2D eigenvalue weighted by atomic mass is 32.1. The molecule has 1 aromatic carbocycles. The lowest BCUT2D eigenvalue weighted by Gasteiger charge is -2.23. The van der Waals surface area contributed by atoms with E-state index in [1.54, 1.807) is 11.3 Å². The summed E-state index contributed by atoms with van der Waals surface area (Å²) in [5, 5.41) is 2.08. The lowest BCUT2D eigenvalue weighted by Crippen LogP contribution is -2.44. The Kier molecular flexibility index (Phi) is 4.94. The van der Waals surface area contributed by atoms with Crippen LogP contribution in [0.25, 0.3) is 0 Å². The Morgan fingerprint density at radius 3 is 2.63 bits per heavy atom. The number of hydrogen-bond acceptors (Lipinski definition) is 3. The molecule has 0 saturated carbocycles. The maximum Gasteiger partial charge on any atom is 0.213 e. The van der Waals surface area contributed by atoms with Gasteiger partial charge in [0.2, 0.25) is 5.96 Å². The van der Waals surface area contributed by atoms with Crippen LogP contribution in [0.15, 0.2) is 52.8 Å². The van der Waals surface area contributed by atoms with E-state index in [0.717, 1.165) is 18.8 Å². The zero-order valence-electron chi connectivity index (χ0n) is 10.9. The fourth-order valence-electron chi connectivity index (χ4n) is 1.75. The van der Waals surface area contributed by atoms with Crippen LogP contribution in [0, 0.1) is 0 Å². The Morgan fingerprint density at radius 2 is 2.05 bits per heavy atom. The van der Waals surface area contributed by atoms with E-state index in [2.05, 4.69) is 39.8 Å². The number of aliphatic imine (C=N–C) groups is 1. The number of thiophene rings is 1. The molecule has 0 saturated heterocycles. The number of nitrogens with zero attached hydrogens (tertiary/aromatic N) is 2. The van der Waals surface area contributed by atoms with Gasteiger partial charge in [-0.2, -0.15) is 0 Å². The van der Waals surface area contributed by atoms with Crippen molar-refractivity contribution in [3.8, 4) is 0 Å². The molecular formula is C14H18N4S. The van der Waals surface area contributed by atoms with Crippen LogP contribution in [0.5, 0.6) is 0 Å². The van der Waals surface area contributed by atoms with Crippen molar-refractivity contribution >= 4 is 23.0 Å². The van der Waals surface area contributed by atoms with E-state index in [9.17, 15) is 0 Å². The summed E-state index contributed by atoms with van der Waals surface area (Å²) in [7, 11) is 0. The van der Waals surface area contributed by atoms with Crippen LogP contribution in [0.1, 0.15) is 11.8 Å². The molecule has 0 radical (unpaired) electrons. The number of hydrogen-bond donors (Lipinski definition) is 2. The van der Waals surface area contributed by atoms with Crippen LogP contribution in [-0.4, -0.2) is 17.4 Å². The summed E-state index contributed by atoms with van der Waals surface area (Å²) in [5.41, 5.74) is 3.58. The maximum atomic E-state index is 5.61. The minimum Gasteiger partial charge on any atom is -0.337 e. The molecule has 0 spiro atoms. The molecule has 3 N–H and O–H groups in total. The number of nitrogens with one attached hydrogen (secondary N) is 1. The van der Waals surface area contributed by atoms with Gasteiger partial charge >= 0.3 is 0 Å². The van der Waals surface area contributed by atoms with Crippen molar-refractivity contribution in [3.05, 3.63) is 52.7 Å². The van der Waals surface area contributed by atoms with E-state index < -0.39 is 0 Å². The van der Waals surface area contributed by atoms with Crippen LogP contribution < -0.4 is 11.3 Å². The Hall–Kier alpha value is -1.85. The number of benzene rings is 1. The summed E-state index contributed by atoms with van der Waals surface area (Å²) in [6.45, 7) is 3.74. The smallest absolute Gasteiger partial charge is 0.213 e. The highest BCUT2D eigenvalue weighted by Crippen LogP contribution is 2.14. The van der Waals surface area contributed by atoms with E-state index in [4.69, 9.17) is 5.84 Å². The van der Waals surface area contributed by atoms with Gasteiger partial charge in [-0.1, -0.05) is 24.3 Å². The Bertz CT molecular complexity index is 508. The predicted octanol–water partition coefficient (Wildman–Crippen LogP) is 2.72. The summed E-state index contributed by atoms with van der Waals surface area (Å²) in [5.74, 6) is 6.29. The van der Waals surface area contributed by atoms with Crippen molar-refractivity contribution in [1.82, 2.24) is 10.3 Å². The molecule has 0 atom stereocenters. The Labute approximate surface area is 117 Å². The third kappa shape index (κ3) is 3.81. The van der Waals surface area contributed by atoms with Gasteiger partial charge in [0.05, 0.1) is 12.2 Å². The zero-order valence-corrected chi connectivity index (χ0v) is 11.7. The molecule has 4 nitrogen and oxygen atoms in total. The third-order valence-corrected chi connectivity index (χ3v) is 3.59. The van der Waals surface area contributed by atoms with Gasteiger partial charge in [-0.3, -0.25) is 5.43 Å². The molecule has 2 rings (SSSR count). The SMILES string of the molecule is CCN(Cc1cccs1)C(=Nc1ccccc1)NN. The third-order valence-electron chi connectivity index (χ3n) is 2.73. The Balaban J connectivity index is 2.16. The predicted molar refractivity (Wildman–Crippen MR) is 81.3 cm³/mol. The first-order valence-electron chi connectivity index (χ1n) is 6.21. The number of nitrogens with two attached hydrogens (primary N) is 1. The minimum atomic E-state index is 0.683. The molecule has 0 fully saturated rings. The number of para-hydroxylation sites is 1. The van der Waals surface area contributed by atoms with E-state index in [0.29, 0.717) is 5.96 Å². The Morgan fingerprint density at radius 1 is 1.26 bits per heavy atom. The van der Waals surface area contributed by atoms with E-state index in [1.807, 2.05) is 30.3 Å². The van der Waals surface area contributed by atoms with Gasteiger partial charge in [0, 0.05) is 11.4 Å². The quantitative estimate of drug-likeness (QED) is 0.390. The van der Waals surface area contributed by atoms with E-state index in [-0.39, 0.29) is 0 Å². The van der Waals surface area contributed by atoms with Gasteiger partial charge in [0.25, 0.3) is 0 Å². The fourth-order valence-corrected chi connectivity index (χ4v) is 2.47. The first-order chi connectivity index (χ1) is 9.33. The minimum absolute atomic E-state index is 0.683. The number of guanidine groups is 1. The average Bonchev–Trinajstić information content (AvgIpc) is 2.96. The van der Waals surface area contributed by atoms with Crippen LogP contribution in [0.3, 0.4) is 0 Å². The molecule has 1 heterocycles. The molecule has 19 heavy (non-hydrogen) atoms. The van der Waals surface area contributed by atoms with Crippen LogP contribution >= 0.6 is 11.3 Å². The van der Waals surface area contributed by atoms with Crippen LogP contribution in [0.4, 0.5) is 5.69 Å². The highest BCUT2D eigenvalue weighted by Gasteiger charge is 2.09. The van der Waals surface area contributed by atoms with Crippen molar-refractivity contribution in [2.24, 2.45) is 10.8 Å². The first-order valence-corrected chi connectivity index (χ1v) is 7.09. The second-order valence-corrected chi connectivity index (χ2v) is 5.04. The maximum absolute atomic E-state index is 5.61. The molecule has 1 aromatic heterocycles. The van der Waals surface area contributed by atoms with Gasteiger partial charge in [0.15, 0.2) is 0 Å². The molecule has 0 aliphatic heterocycles. The topological polar surface area (TPSA) is 53.6 Å². The molecule has 0 amide bonds. The van der Waals surface area contributed by atoms with Crippen molar-refractivity contribution in [1.29, 1.82) is 0 Å². The summed E-state index contributed by atoms with van der Waals surface area (Å²) in [6.07, 6.45) is 0. The van der Waals surface area contributed by atoms with Crippen LogP contribution in [-0.2, 0) is 6.54 Å². The van der Waals surface area contributed by atoms with E-state index in [1.165, 1.54) is 4.88 Å². The normalized spacial score (nSPS) is 11.4. The summed E-state index contributed by atoms with van der Waals surface area (Å²) in [4.78, 5) is 7.94. The molecule has 0 aliphatic rings. The van der Waals surface area contributed by atoms with Gasteiger partial charge in [0.1, 0.15) is 0 Å². The van der Waals surface area contributed by atoms with Crippen molar-refractivity contribution in [2.45, 2.75) is 13.5 Å². The largest absolute Gasteiger partial charge is 0.337 e. The molecule has 5 heteroatoms. The molecule has 100 valence electrons. The van der Waals surface area contributed by atoms with E-state index >= 15 is 0 Å². The number of hydrazine groups is 1. The lowest BCUT2D eigenvalue weighted by molar-refractivity contribution is 0.423. The van der Waals surface area contributed by atoms with Crippen molar-refractivity contribution in [2.75, 3.05) is 6.54 Å². The molecule has 0 bridgehead atoms. The number of rotatable bonds is 4. The first kappa shape index (κ1) is 13.6. The molecule has 0 unspecified atom stereocenters. The molecular weight excluding hydrogens is 256 g/mol. The second kappa shape index (κ2) is 6.92. The van der Waals surface area contributed by atoms with Crippen molar-refractivity contribution in [3.63, 3.8) is 0 Å². The van der Waals surface area contributed by atoms with Gasteiger partial charge in [-0.15, -0.1) is 11.3 Å². The standard InChI is InChI=1S/C14H18N4S/c1-2-18(11-13-9-6-10-19-13)14(17-15)16-12-7-4-3-5-8-12/h3-10H,2,11,15H2,1H3,(H,16,17). The molecule has 2 aromatic rings. The monoisotopic (exact) mass is 274 g/mol. The van der Waals surface area contributed by atoms with Crippen LogP contribution in [0.2, 0.25) is 0 Å². The van der Waals surface area contributed by atoms with Gasteiger partial charge in [-0.05, 0) is 30.5 Å². The van der Waals surface area contributed by atoms with Gasteiger partial charge < -0.3 is 4.90 Å². The second-order valence-electron chi connectivity index (χ2n) is 4.01. The zero-order chi connectivity index (χ0) is 13.5. The van der Waals surface area contributed by atoms with Crippen molar-refractivity contribution < 1.29 is 0 Å². The van der Waals surface area contributed by atoms with Gasteiger partial charge in [-0.25, -0.2) is 10.8 Å². The highest BCUT2D eigenvalue weighted by molar-refractivity contribution is 7.09. The summed E-state index contributed by atoms with van der Waals surface area (Å²) in [6, 6.07) is 14.0.